The molecule has 0 radical (unpaired) electrons. The maximum atomic E-state index is 14.5. The van der Waals surface area contributed by atoms with Crippen LogP contribution < -0.4 is 10.6 Å². The van der Waals surface area contributed by atoms with Crippen LogP contribution in [-0.4, -0.2) is 85.8 Å². The molecule has 64 heavy (non-hydrogen) atoms. The average molecular weight is 875 g/mol. The van der Waals surface area contributed by atoms with E-state index in [4.69, 9.17) is 14.2 Å². The maximum Gasteiger partial charge on any atom is 0.329 e. The van der Waals surface area contributed by atoms with Gasteiger partial charge in [-0.15, -0.1) is 0 Å². The fourth-order valence-electron chi connectivity index (χ4n) is 8.90. The van der Waals surface area contributed by atoms with E-state index < -0.39 is 36.2 Å². The standard InChI is InChI=1S/C50H62N6O8/c1-36(52-44(45(57)40-22-12-5-13-23-40)46(58)47-51-26-27-54(47)34-62-31-38-18-8-3-9-19-38)28-42-30-55(33-56(42)35-63-32-39-20-10-4-11-21-39)50(61)53-48(59)43(29-37-16-6-2-7-17-37)64-49(60)41-24-14-15-25-41/h2-4,6-11,16-21,26-27,30,36,40-41,43-45,52,57H,5,12-15,22-25,28-29,31-35H2,1H3,(H,53,59,61)/t36-,43+,44-,45?/m1/s1. The molecule has 4 atom stereocenters. The second-order valence-corrected chi connectivity index (χ2v) is 17.3. The van der Waals surface area contributed by atoms with Gasteiger partial charge in [0.25, 0.3) is 5.91 Å². The van der Waals surface area contributed by atoms with Crippen LogP contribution in [0.15, 0.2) is 115 Å². The van der Waals surface area contributed by atoms with E-state index in [1.807, 2.05) is 103 Å². The monoisotopic (exact) mass is 874 g/mol. The average Bonchev–Trinajstić information content (AvgIpc) is 4.12. The van der Waals surface area contributed by atoms with E-state index in [2.05, 4.69) is 15.6 Å². The fraction of sp³-hybridized carbons (Fsp3) is 0.460. The largest absolute Gasteiger partial charge is 0.452 e. The molecule has 7 rings (SSSR count). The van der Waals surface area contributed by atoms with Crippen LogP contribution in [0.25, 0.3) is 0 Å². The predicted octanol–water partition coefficient (Wildman–Crippen LogP) is 7.09. The number of hydrogen-bond donors (Lipinski definition) is 3. The fourth-order valence-corrected chi connectivity index (χ4v) is 8.90. The highest BCUT2D eigenvalue weighted by Gasteiger charge is 2.38. The predicted molar refractivity (Wildman–Crippen MR) is 240 cm³/mol. The topological polar surface area (TPSA) is 165 Å². The van der Waals surface area contributed by atoms with Gasteiger partial charge in [0.05, 0.1) is 25.2 Å². The molecular weight excluding hydrogens is 813 g/mol. The minimum atomic E-state index is -1.20. The molecule has 2 heterocycles. The molecule has 14 nitrogen and oxygen atoms in total. The summed E-state index contributed by atoms with van der Waals surface area (Å²) in [6.07, 6.45) is 11.3. The van der Waals surface area contributed by atoms with Crippen molar-refractivity contribution in [2.75, 3.05) is 13.4 Å². The van der Waals surface area contributed by atoms with Crippen molar-refractivity contribution in [1.82, 2.24) is 30.0 Å². The lowest BCUT2D eigenvalue weighted by molar-refractivity contribution is -0.159. The van der Waals surface area contributed by atoms with Crippen molar-refractivity contribution in [3.8, 4) is 0 Å². The molecule has 1 aromatic heterocycles. The van der Waals surface area contributed by atoms with Crippen LogP contribution in [0, 0.1) is 11.8 Å². The third-order valence-electron chi connectivity index (χ3n) is 12.4. The van der Waals surface area contributed by atoms with Gasteiger partial charge in [0.15, 0.2) is 11.9 Å². The highest BCUT2D eigenvalue weighted by Crippen LogP contribution is 2.30. The second kappa shape index (κ2) is 23.3. The molecule has 0 bridgehead atoms. The van der Waals surface area contributed by atoms with Crippen LogP contribution >= 0.6 is 0 Å². The number of benzene rings is 3. The number of ketones is 1. The van der Waals surface area contributed by atoms with E-state index in [1.54, 1.807) is 23.2 Å². The summed E-state index contributed by atoms with van der Waals surface area (Å²) in [5.74, 6) is -1.58. The number of hydrogen-bond acceptors (Lipinski definition) is 11. The second-order valence-electron chi connectivity index (χ2n) is 17.3. The number of urea groups is 1. The number of aliphatic hydroxyl groups is 1. The van der Waals surface area contributed by atoms with Crippen LogP contribution in [0.2, 0.25) is 0 Å². The zero-order valence-corrected chi connectivity index (χ0v) is 36.8. The lowest BCUT2D eigenvalue weighted by atomic mass is 9.81. The molecule has 1 unspecified atom stereocenters. The molecule has 340 valence electrons. The summed E-state index contributed by atoms with van der Waals surface area (Å²) in [5, 5.41) is 17.9. The van der Waals surface area contributed by atoms with Crippen LogP contribution in [0.4, 0.5) is 4.79 Å². The van der Waals surface area contributed by atoms with Crippen LogP contribution in [0.5, 0.6) is 0 Å². The number of Topliss-reactive ketones (excluding diaryl/α,β-unsaturated/α-hetero) is 1. The molecule has 3 N–H and O–H groups in total. The van der Waals surface area contributed by atoms with Crippen molar-refractivity contribution >= 4 is 23.7 Å². The number of carbonyl (C=O) groups is 4. The minimum absolute atomic E-state index is 0.0615. The van der Waals surface area contributed by atoms with Gasteiger partial charge in [-0.2, -0.15) is 0 Å². The third-order valence-corrected chi connectivity index (χ3v) is 12.4. The quantitative estimate of drug-likeness (QED) is 0.0579. The number of imidazole rings is 1. The Bertz CT molecular complexity index is 2140. The highest BCUT2D eigenvalue weighted by atomic mass is 16.5. The van der Waals surface area contributed by atoms with Gasteiger partial charge < -0.3 is 34.1 Å². The van der Waals surface area contributed by atoms with Gasteiger partial charge in [0.2, 0.25) is 5.78 Å². The van der Waals surface area contributed by atoms with Crippen molar-refractivity contribution in [1.29, 1.82) is 0 Å². The first kappa shape index (κ1) is 46.3. The molecule has 2 fully saturated rings. The summed E-state index contributed by atoms with van der Waals surface area (Å²) >= 11 is 0. The Morgan fingerprint density at radius 2 is 1.36 bits per heavy atom. The van der Waals surface area contributed by atoms with Crippen molar-refractivity contribution in [3.63, 3.8) is 0 Å². The third kappa shape index (κ3) is 13.0. The Kier molecular flexibility index (Phi) is 16.9. The minimum Gasteiger partial charge on any atom is -0.452 e. The number of imide groups is 1. The summed E-state index contributed by atoms with van der Waals surface area (Å²) in [6.45, 7) is 2.96. The first-order valence-corrected chi connectivity index (χ1v) is 22.8. The molecule has 4 aromatic rings. The zero-order valence-electron chi connectivity index (χ0n) is 36.8. The van der Waals surface area contributed by atoms with Gasteiger partial charge >= 0.3 is 12.0 Å². The summed E-state index contributed by atoms with van der Waals surface area (Å²) in [6, 6.07) is 26.8. The van der Waals surface area contributed by atoms with Crippen molar-refractivity contribution in [3.05, 3.63) is 138 Å². The van der Waals surface area contributed by atoms with E-state index in [9.17, 15) is 24.3 Å². The number of carbonyl (C=O) groups excluding carboxylic acids is 4. The number of nitrogens with zero attached hydrogens (tertiary/aromatic N) is 4. The van der Waals surface area contributed by atoms with Crippen LogP contribution in [0.1, 0.15) is 98.4 Å². The lowest BCUT2D eigenvalue weighted by Crippen LogP contribution is -2.53. The summed E-state index contributed by atoms with van der Waals surface area (Å²) in [7, 11) is 0. The number of aliphatic hydroxyl groups excluding tert-OH is 1. The molecule has 3 aromatic carbocycles. The van der Waals surface area contributed by atoms with Gasteiger partial charge in [-0.05, 0) is 55.2 Å². The summed E-state index contributed by atoms with van der Waals surface area (Å²) < 4.78 is 19.6. The van der Waals surface area contributed by atoms with Gasteiger partial charge in [-0.3, -0.25) is 24.6 Å². The molecule has 2 saturated carbocycles. The molecule has 0 spiro atoms. The molecule has 3 aliphatic rings. The van der Waals surface area contributed by atoms with E-state index in [1.165, 1.54) is 4.90 Å². The Hall–Kier alpha value is -5.67. The summed E-state index contributed by atoms with van der Waals surface area (Å²) in [4.78, 5) is 63.0. The normalized spacial score (nSPS) is 17.7. The van der Waals surface area contributed by atoms with Gasteiger partial charge in [-0.1, -0.05) is 123 Å². The molecule has 1 aliphatic heterocycles. The Labute approximate surface area is 376 Å². The van der Waals surface area contributed by atoms with Gasteiger partial charge in [0, 0.05) is 43.2 Å². The number of aromatic nitrogens is 2. The molecular formula is C50H62N6O8. The van der Waals surface area contributed by atoms with Crippen molar-refractivity contribution in [2.24, 2.45) is 11.8 Å². The first-order valence-electron chi connectivity index (χ1n) is 22.8. The maximum absolute atomic E-state index is 14.5. The van der Waals surface area contributed by atoms with E-state index in [0.717, 1.165) is 80.2 Å². The molecule has 0 saturated heterocycles. The zero-order chi connectivity index (χ0) is 44.7. The first-order chi connectivity index (χ1) is 31.2. The lowest BCUT2D eigenvalue weighted by Gasteiger charge is -2.34. The van der Waals surface area contributed by atoms with Crippen molar-refractivity contribution in [2.45, 2.75) is 122 Å². The number of esters is 1. The molecule has 2 aliphatic carbocycles. The Morgan fingerprint density at radius 3 is 2.00 bits per heavy atom. The number of ether oxygens (including phenoxy) is 3. The Balaban J connectivity index is 1.06. The van der Waals surface area contributed by atoms with Gasteiger partial charge in [-0.25, -0.2) is 9.78 Å². The van der Waals surface area contributed by atoms with E-state index in [0.29, 0.717) is 19.6 Å². The van der Waals surface area contributed by atoms with Crippen molar-refractivity contribution < 1.29 is 38.5 Å². The SMILES string of the molecule is C[C@H](CC1=CN(C(=O)NC(=O)[C@H](Cc2ccccc2)OC(=O)C2CCCC2)CN1COCc1ccccc1)N[C@@H](C(=O)c1nccn1COCc1ccccc1)C(O)C1CCCCC1. The number of rotatable bonds is 21. The van der Waals surface area contributed by atoms with Gasteiger partial charge in [0.1, 0.15) is 26.2 Å². The van der Waals surface area contributed by atoms with Crippen LogP contribution in [0.3, 0.4) is 0 Å². The molecule has 3 amide bonds. The highest BCUT2D eigenvalue weighted by molar-refractivity contribution is 5.98. The number of amides is 3. The Morgan fingerprint density at radius 1 is 0.766 bits per heavy atom. The number of nitrogens with one attached hydrogen (secondary N) is 2. The molecule has 14 heteroatoms. The van der Waals surface area contributed by atoms with Crippen LogP contribution in [-0.2, 0) is 50.2 Å². The van der Waals surface area contributed by atoms with E-state index >= 15 is 0 Å². The smallest absolute Gasteiger partial charge is 0.329 e. The summed E-state index contributed by atoms with van der Waals surface area (Å²) in [5.41, 5.74) is 3.51. The van der Waals surface area contributed by atoms with E-state index in [-0.39, 0.29) is 56.0 Å².